The van der Waals surface area contributed by atoms with Crippen molar-refractivity contribution in [2.45, 2.75) is 13.8 Å². The number of methoxy groups -OCH3 is 1. The molecule has 1 aliphatic rings. The number of hydrogen-bond acceptors (Lipinski definition) is 5. The summed E-state index contributed by atoms with van der Waals surface area (Å²) in [5.41, 5.74) is 3.21. The Bertz CT molecular complexity index is 1220. The minimum atomic E-state index is -0.439. The molecule has 0 radical (unpaired) electrons. The van der Waals surface area contributed by atoms with Gasteiger partial charge in [-0.2, -0.15) is 0 Å². The van der Waals surface area contributed by atoms with E-state index in [2.05, 4.69) is 5.32 Å². The van der Waals surface area contributed by atoms with E-state index < -0.39 is 11.8 Å². The average Bonchev–Trinajstić information content (AvgIpc) is 3.03. The molecule has 0 saturated heterocycles. The zero-order chi connectivity index (χ0) is 22.7. The van der Waals surface area contributed by atoms with E-state index in [1.54, 1.807) is 36.4 Å². The van der Waals surface area contributed by atoms with Gasteiger partial charge in [0.2, 0.25) is 0 Å². The molecular formula is C26H24N2O4. The van der Waals surface area contributed by atoms with Gasteiger partial charge in [-0.3, -0.25) is 9.59 Å². The standard InChI is InChI=1S/C26H24N2O4/c1-4-32-20-12-8-11-19(16-20)28-25(29)23(21-13-5-6-14-22(21)31-3)24(26(28)30)27-18-10-7-9-17(2)15-18/h5-16,27H,4H2,1-3H3. The van der Waals surface area contributed by atoms with Crippen LogP contribution in [0.2, 0.25) is 0 Å². The van der Waals surface area contributed by atoms with Crippen molar-refractivity contribution >= 4 is 28.8 Å². The Kier molecular flexibility index (Phi) is 5.94. The minimum absolute atomic E-state index is 0.201. The summed E-state index contributed by atoms with van der Waals surface area (Å²) in [7, 11) is 1.54. The van der Waals surface area contributed by atoms with Crippen molar-refractivity contribution in [3.8, 4) is 11.5 Å². The first-order valence-electron chi connectivity index (χ1n) is 10.4. The van der Waals surface area contributed by atoms with E-state index >= 15 is 0 Å². The first-order valence-corrected chi connectivity index (χ1v) is 10.4. The van der Waals surface area contributed by atoms with Crippen molar-refractivity contribution in [2.24, 2.45) is 0 Å². The second-order valence-electron chi connectivity index (χ2n) is 7.32. The average molecular weight is 428 g/mol. The number of nitrogens with zero attached hydrogens (tertiary/aromatic N) is 1. The van der Waals surface area contributed by atoms with Crippen LogP contribution in [0.25, 0.3) is 5.57 Å². The summed E-state index contributed by atoms with van der Waals surface area (Å²) in [6.07, 6.45) is 0. The SMILES string of the molecule is CCOc1cccc(N2C(=O)C(Nc3cccc(C)c3)=C(c3ccccc3OC)C2=O)c1. The van der Waals surface area contributed by atoms with Gasteiger partial charge in [-0.25, -0.2) is 4.90 Å². The summed E-state index contributed by atoms with van der Waals surface area (Å²) < 4.78 is 11.0. The molecule has 1 heterocycles. The molecule has 0 unspecified atom stereocenters. The van der Waals surface area contributed by atoms with Crippen LogP contribution >= 0.6 is 0 Å². The monoisotopic (exact) mass is 428 g/mol. The number of anilines is 2. The lowest BCUT2D eigenvalue weighted by Gasteiger charge is -2.16. The van der Waals surface area contributed by atoms with Gasteiger partial charge in [0.05, 0.1) is 25.0 Å². The maximum Gasteiger partial charge on any atom is 0.282 e. The molecule has 0 aromatic heterocycles. The van der Waals surface area contributed by atoms with Crippen molar-refractivity contribution in [1.82, 2.24) is 0 Å². The molecule has 0 aliphatic carbocycles. The highest BCUT2D eigenvalue weighted by Gasteiger charge is 2.41. The molecule has 6 nitrogen and oxygen atoms in total. The summed E-state index contributed by atoms with van der Waals surface area (Å²) in [5.74, 6) is 0.232. The predicted octanol–water partition coefficient (Wildman–Crippen LogP) is 4.80. The number of carbonyl (C=O) groups excluding carboxylic acids is 2. The molecule has 6 heteroatoms. The van der Waals surface area contributed by atoms with Crippen LogP contribution in [0.15, 0.2) is 78.5 Å². The molecule has 0 fully saturated rings. The number of para-hydroxylation sites is 1. The normalized spacial score (nSPS) is 13.5. The molecule has 0 spiro atoms. The predicted molar refractivity (Wildman–Crippen MR) is 125 cm³/mol. The largest absolute Gasteiger partial charge is 0.496 e. The van der Waals surface area contributed by atoms with Gasteiger partial charge in [-0.05, 0) is 49.7 Å². The van der Waals surface area contributed by atoms with Gasteiger partial charge in [0.15, 0.2) is 0 Å². The Labute approximate surface area is 187 Å². The van der Waals surface area contributed by atoms with E-state index in [1.807, 2.05) is 50.2 Å². The molecule has 0 bridgehead atoms. The Hall–Kier alpha value is -4.06. The molecule has 32 heavy (non-hydrogen) atoms. The summed E-state index contributed by atoms with van der Waals surface area (Å²) in [6, 6.07) is 21.8. The van der Waals surface area contributed by atoms with Crippen molar-refractivity contribution < 1.29 is 19.1 Å². The number of amides is 2. The maximum absolute atomic E-state index is 13.6. The van der Waals surface area contributed by atoms with Gasteiger partial charge in [0, 0.05) is 17.3 Å². The minimum Gasteiger partial charge on any atom is -0.496 e. The fourth-order valence-electron chi connectivity index (χ4n) is 3.73. The van der Waals surface area contributed by atoms with E-state index in [9.17, 15) is 9.59 Å². The van der Waals surface area contributed by atoms with Crippen molar-refractivity contribution in [3.63, 3.8) is 0 Å². The van der Waals surface area contributed by atoms with Gasteiger partial charge < -0.3 is 14.8 Å². The highest BCUT2D eigenvalue weighted by molar-refractivity contribution is 6.46. The van der Waals surface area contributed by atoms with E-state index in [-0.39, 0.29) is 11.3 Å². The number of ether oxygens (including phenoxy) is 2. The molecule has 3 aromatic rings. The third-order valence-corrected chi connectivity index (χ3v) is 5.13. The molecular weight excluding hydrogens is 404 g/mol. The van der Waals surface area contributed by atoms with Crippen LogP contribution in [-0.4, -0.2) is 25.5 Å². The Morgan fingerprint density at radius 2 is 1.69 bits per heavy atom. The van der Waals surface area contributed by atoms with Gasteiger partial charge >= 0.3 is 0 Å². The Balaban J connectivity index is 1.84. The highest BCUT2D eigenvalue weighted by atomic mass is 16.5. The lowest BCUT2D eigenvalue weighted by Crippen LogP contribution is -2.32. The fourth-order valence-corrected chi connectivity index (χ4v) is 3.73. The highest BCUT2D eigenvalue weighted by Crippen LogP contribution is 2.38. The topological polar surface area (TPSA) is 67.9 Å². The van der Waals surface area contributed by atoms with E-state index in [0.29, 0.717) is 29.4 Å². The summed E-state index contributed by atoms with van der Waals surface area (Å²) in [4.78, 5) is 28.4. The molecule has 162 valence electrons. The maximum atomic E-state index is 13.6. The molecule has 0 saturated carbocycles. The summed E-state index contributed by atoms with van der Waals surface area (Å²) in [5, 5.41) is 3.18. The molecule has 3 aromatic carbocycles. The second kappa shape index (κ2) is 8.98. The van der Waals surface area contributed by atoms with E-state index in [0.717, 1.165) is 11.3 Å². The van der Waals surface area contributed by atoms with Crippen LogP contribution in [0.5, 0.6) is 11.5 Å². The molecule has 0 atom stereocenters. The summed E-state index contributed by atoms with van der Waals surface area (Å²) >= 11 is 0. The van der Waals surface area contributed by atoms with Crippen molar-refractivity contribution in [1.29, 1.82) is 0 Å². The zero-order valence-electron chi connectivity index (χ0n) is 18.2. The Morgan fingerprint density at radius 1 is 0.906 bits per heavy atom. The first-order chi connectivity index (χ1) is 15.5. The number of hydrogen-bond donors (Lipinski definition) is 1. The third-order valence-electron chi connectivity index (χ3n) is 5.13. The van der Waals surface area contributed by atoms with Crippen molar-refractivity contribution in [2.75, 3.05) is 23.9 Å². The number of rotatable bonds is 7. The van der Waals surface area contributed by atoms with Crippen LogP contribution in [0.4, 0.5) is 11.4 Å². The third kappa shape index (κ3) is 3.95. The number of imide groups is 1. The first kappa shape index (κ1) is 21.2. The molecule has 1 aliphatic heterocycles. The molecule has 4 rings (SSSR count). The molecule has 2 amide bonds. The van der Waals surface area contributed by atoms with Gasteiger partial charge in [-0.15, -0.1) is 0 Å². The van der Waals surface area contributed by atoms with Crippen LogP contribution in [-0.2, 0) is 9.59 Å². The van der Waals surface area contributed by atoms with Crippen LogP contribution < -0.4 is 19.7 Å². The Morgan fingerprint density at radius 3 is 2.44 bits per heavy atom. The second-order valence-corrected chi connectivity index (χ2v) is 7.32. The fraction of sp³-hybridized carbons (Fsp3) is 0.154. The summed E-state index contributed by atoms with van der Waals surface area (Å²) in [6.45, 7) is 4.33. The molecule has 1 N–H and O–H groups in total. The van der Waals surface area contributed by atoms with Crippen LogP contribution in [0, 0.1) is 6.92 Å². The van der Waals surface area contributed by atoms with Gasteiger partial charge in [0.1, 0.15) is 17.2 Å². The van der Waals surface area contributed by atoms with Crippen LogP contribution in [0.3, 0.4) is 0 Å². The van der Waals surface area contributed by atoms with Gasteiger partial charge in [0.25, 0.3) is 11.8 Å². The lowest BCUT2D eigenvalue weighted by atomic mass is 10.0. The number of aryl methyl sites for hydroxylation is 1. The number of benzene rings is 3. The number of carbonyl (C=O) groups is 2. The smallest absolute Gasteiger partial charge is 0.282 e. The van der Waals surface area contributed by atoms with E-state index in [1.165, 1.54) is 12.0 Å². The van der Waals surface area contributed by atoms with E-state index in [4.69, 9.17) is 9.47 Å². The zero-order valence-corrected chi connectivity index (χ0v) is 18.2. The van der Waals surface area contributed by atoms with Crippen molar-refractivity contribution in [3.05, 3.63) is 89.6 Å². The quantitative estimate of drug-likeness (QED) is 0.548. The number of nitrogens with one attached hydrogen (secondary N) is 1. The van der Waals surface area contributed by atoms with Crippen LogP contribution in [0.1, 0.15) is 18.1 Å². The van der Waals surface area contributed by atoms with Gasteiger partial charge in [-0.1, -0.05) is 36.4 Å². The lowest BCUT2D eigenvalue weighted by molar-refractivity contribution is -0.120.